The Morgan fingerprint density at radius 1 is 1.46 bits per heavy atom. The standard InChI is InChI=1S/C17H14N2O4S/c18-9-13-12-4-1-5-14(12)24-17(13)19-15(20)10-23-16(21)7-6-11-3-2-8-22-11/h2-3,6-8H,1,4-5,10H2,(H,19,20)/b7-6+. The first kappa shape index (κ1) is 16.0. The topological polar surface area (TPSA) is 92.3 Å². The van der Waals surface area contributed by atoms with Gasteiger partial charge in [0.25, 0.3) is 5.91 Å². The molecule has 1 amide bonds. The fraction of sp³-hybridized carbons (Fsp3) is 0.235. The number of nitrogens with one attached hydrogen (secondary N) is 1. The molecular weight excluding hydrogens is 328 g/mol. The van der Waals surface area contributed by atoms with Crippen molar-refractivity contribution in [3.8, 4) is 6.07 Å². The Hall–Kier alpha value is -2.85. The zero-order valence-electron chi connectivity index (χ0n) is 12.7. The molecular formula is C17H14N2O4S. The number of furan rings is 1. The number of fused-ring (bicyclic) bond motifs is 1. The minimum absolute atomic E-state index is 0.408. The minimum atomic E-state index is -0.643. The van der Waals surface area contributed by atoms with E-state index in [4.69, 9.17) is 9.15 Å². The lowest BCUT2D eigenvalue weighted by Crippen LogP contribution is -2.20. The second-order valence-electron chi connectivity index (χ2n) is 5.18. The van der Waals surface area contributed by atoms with Gasteiger partial charge in [-0.2, -0.15) is 5.26 Å². The number of rotatable bonds is 5. The number of esters is 1. The van der Waals surface area contributed by atoms with Crippen molar-refractivity contribution in [1.82, 2.24) is 0 Å². The van der Waals surface area contributed by atoms with Gasteiger partial charge in [-0.25, -0.2) is 4.79 Å². The molecule has 2 aromatic rings. The van der Waals surface area contributed by atoms with Gasteiger partial charge in [0.05, 0.1) is 11.8 Å². The Kier molecular flexibility index (Phi) is 4.77. The van der Waals surface area contributed by atoms with Gasteiger partial charge in [0.1, 0.15) is 16.8 Å². The molecule has 7 heteroatoms. The van der Waals surface area contributed by atoms with Gasteiger partial charge in [-0.1, -0.05) is 0 Å². The Bertz CT molecular complexity index is 828. The van der Waals surface area contributed by atoms with Gasteiger partial charge in [-0.3, -0.25) is 4.79 Å². The molecule has 0 radical (unpaired) electrons. The highest BCUT2D eigenvalue weighted by molar-refractivity contribution is 7.16. The van der Waals surface area contributed by atoms with Crippen molar-refractivity contribution in [2.75, 3.05) is 11.9 Å². The van der Waals surface area contributed by atoms with Crippen molar-refractivity contribution in [3.63, 3.8) is 0 Å². The number of carbonyl (C=O) groups excluding carboxylic acids is 2. The van der Waals surface area contributed by atoms with Gasteiger partial charge in [-0.05, 0) is 43.0 Å². The lowest BCUT2D eigenvalue weighted by Gasteiger charge is -2.04. The highest BCUT2D eigenvalue weighted by Crippen LogP contribution is 2.38. The van der Waals surface area contributed by atoms with Crippen LogP contribution in [0.25, 0.3) is 6.08 Å². The molecule has 0 saturated heterocycles. The monoisotopic (exact) mass is 342 g/mol. The molecule has 122 valence electrons. The van der Waals surface area contributed by atoms with Crippen LogP contribution in [0.3, 0.4) is 0 Å². The molecule has 1 N–H and O–H groups in total. The largest absolute Gasteiger partial charge is 0.465 e. The molecule has 0 spiro atoms. The average molecular weight is 342 g/mol. The minimum Gasteiger partial charge on any atom is -0.465 e. The first-order chi connectivity index (χ1) is 11.7. The third-order valence-electron chi connectivity index (χ3n) is 3.56. The van der Waals surface area contributed by atoms with E-state index in [1.165, 1.54) is 29.8 Å². The summed E-state index contributed by atoms with van der Waals surface area (Å²) in [5.41, 5.74) is 1.57. The van der Waals surface area contributed by atoms with Gasteiger partial charge in [0.15, 0.2) is 6.61 Å². The summed E-state index contributed by atoms with van der Waals surface area (Å²) in [4.78, 5) is 24.6. The number of hydrogen-bond donors (Lipinski definition) is 1. The lowest BCUT2D eigenvalue weighted by atomic mass is 10.1. The van der Waals surface area contributed by atoms with Gasteiger partial charge in [-0.15, -0.1) is 11.3 Å². The molecule has 0 bridgehead atoms. The third-order valence-corrected chi connectivity index (χ3v) is 4.77. The molecule has 1 aliphatic rings. The number of ether oxygens (including phenoxy) is 1. The molecule has 0 unspecified atom stereocenters. The Balaban J connectivity index is 1.53. The molecule has 24 heavy (non-hydrogen) atoms. The fourth-order valence-corrected chi connectivity index (χ4v) is 3.75. The predicted molar refractivity (Wildman–Crippen MR) is 88.4 cm³/mol. The number of anilines is 1. The number of amides is 1. The Morgan fingerprint density at radius 3 is 3.08 bits per heavy atom. The zero-order valence-corrected chi connectivity index (χ0v) is 13.5. The molecule has 0 aliphatic heterocycles. The smallest absolute Gasteiger partial charge is 0.331 e. The van der Waals surface area contributed by atoms with Crippen LogP contribution in [0.1, 0.15) is 28.2 Å². The summed E-state index contributed by atoms with van der Waals surface area (Å²) in [5.74, 6) is -0.593. The van der Waals surface area contributed by atoms with Crippen LogP contribution < -0.4 is 5.32 Å². The number of thiophene rings is 1. The van der Waals surface area contributed by atoms with Crippen LogP contribution >= 0.6 is 11.3 Å². The van der Waals surface area contributed by atoms with E-state index in [9.17, 15) is 14.9 Å². The quantitative estimate of drug-likeness (QED) is 0.666. The zero-order chi connectivity index (χ0) is 16.9. The van der Waals surface area contributed by atoms with Gasteiger partial charge in [0.2, 0.25) is 0 Å². The predicted octanol–water partition coefficient (Wildman–Crippen LogP) is 2.90. The summed E-state index contributed by atoms with van der Waals surface area (Å²) in [5, 5.41) is 12.5. The summed E-state index contributed by atoms with van der Waals surface area (Å²) in [6.45, 7) is -0.408. The molecule has 0 saturated carbocycles. The summed E-state index contributed by atoms with van der Waals surface area (Å²) < 4.78 is 9.91. The van der Waals surface area contributed by atoms with Crippen molar-refractivity contribution in [2.24, 2.45) is 0 Å². The molecule has 0 atom stereocenters. The van der Waals surface area contributed by atoms with Crippen LogP contribution in [0.15, 0.2) is 28.9 Å². The maximum Gasteiger partial charge on any atom is 0.331 e. The molecule has 3 rings (SSSR count). The van der Waals surface area contributed by atoms with E-state index < -0.39 is 18.5 Å². The van der Waals surface area contributed by atoms with Crippen molar-refractivity contribution in [2.45, 2.75) is 19.3 Å². The molecule has 0 aromatic carbocycles. The van der Waals surface area contributed by atoms with Crippen LogP contribution in [-0.4, -0.2) is 18.5 Å². The van der Waals surface area contributed by atoms with E-state index in [2.05, 4.69) is 11.4 Å². The lowest BCUT2D eigenvalue weighted by molar-refractivity contribution is -0.142. The number of nitriles is 1. The SMILES string of the molecule is N#Cc1c(NC(=O)COC(=O)/C=C/c2ccco2)sc2c1CCC2. The van der Waals surface area contributed by atoms with E-state index in [1.807, 2.05) is 0 Å². The van der Waals surface area contributed by atoms with E-state index in [0.717, 1.165) is 29.7 Å². The van der Waals surface area contributed by atoms with Crippen molar-refractivity contribution >= 4 is 34.3 Å². The van der Waals surface area contributed by atoms with Crippen LogP contribution in [-0.2, 0) is 27.2 Å². The second kappa shape index (κ2) is 7.15. The summed E-state index contributed by atoms with van der Waals surface area (Å²) in [6.07, 6.45) is 6.99. The van der Waals surface area contributed by atoms with Gasteiger partial charge >= 0.3 is 5.97 Å². The summed E-state index contributed by atoms with van der Waals surface area (Å²) in [7, 11) is 0. The maximum absolute atomic E-state index is 11.9. The van der Waals surface area contributed by atoms with Gasteiger partial charge < -0.3 is 14.5 Å². The van der Waals surface area contributed by atoms with E-state index >= 15 is 0 Å². The van der Waals surface area contributed by atoms with Crippen LogP contribution in [0.5, 0.6) is 0 Å². The average Bonchev–Trinajstić information content (AvgIpc) is 3.28. The van der Waals surface area contributed by atoms with Crippen molar-refractivity contribution in [3.05, 3.63) is 46.2 Å². The third kappa shape index (κ3) is 3.55. The van der Waals surface area contributed by atoms with Crippen LogP contribution in [0.2, 0.25) is 0 Å². The molecule has 1 aliphatic carbocycles. The van der Waals surface area contributed by atoms with Crippen LogP contribution in [0, 0.1) is 11.3 Å². The summed E-state index contributed by atoms with van der Waals surface area (Å²) in [6, 6.07) is 5.54. The fourth-order valence-electron chi connectivity index (χ4n) is 2.49. The second-order valence-corrected chi connectivity index (χ2v) is 6.28. The maximum atomic E-state index is 11.9. The summed E-state index contributed by atoms with van der Waals surface area (Å²) >= 11 is 1.42. The molecule has 6 nitrogen and oxygen atoms in total. The number of aryl methyl sites for hydroxylation is 1. The van der Waals surface area contributed by atoms with Gasteiger partial charge in [0, 0.05) is 11.0 Å². The van der Waals surface area contributed by atoms with Crippen molar-refractivity contribution in [1.29, 1.82) is 5.26 Å². The first-order valence-corrected chi connectivity index (χ1v) is 8.22. The Morgan fingerprint density at radius 2 is 2.33 bits per heavy atom. The highest BCUT2D eigenvalue weighted by atomic mass is 32.1. The number of carbonyl (C=O) groups is 2. The molecule has 2 aromatic heterocycles. The first-order valence-electron chi connectivity index (χ1n) is 7.40. The van der Waals surface area contributed by atoms with Crippen LogP contribution in [0.4, 0.5) is 5.00 Å². The number of hydrogen-bond acceptors (Lipinski definition) is 6. The van der Waals surface area contributed by atoms with E-state index in [0.29, 0.717) is 16.3 Å². The van der Waals surface area contributed by atoms with E-state index in [1.54, 1.807) is 12.1 Å². The molecule has 2 heterocycles. The Labute approximate surface area is 142 Å². The van der Waals surface area contributed by atoms with Crippen molar-refractivity contribution < 1.29 is 18.7 Å². The van der Waals surface area contributed by atoms with E-state index in [-0.39, 0.29) is 0 Å². The normalized spacial score (nSPS) is 12.8. The highest BCUT2D eigenvalue weighted by Gasteiger charge is 2.23. The molecule has 0 fully saturated rings. The number of nitrogens with zero attached hydrogens (tertiary/aromatic N) is 1.